The Hall–Kier alpha value is -1.75. The van der Waals surface area contributed by atoms with E-state index in [4.69, 9.17) is 10.2 Å². The summed E-state index contributed by atoms with van der Waals surface area (Å²) in [7, 11) is 0. The maximum Gasteiger partial charge on any atom is 0.336 e. The van der Waals surface area contributed by atoms with Crippen LogP contribution in [0, 0.1) is 13.8 Å². The number of hydrogen-bond acceptors (Lipinski definition) is 4. The predicted octanol–water partition coefficient (Wildman–Crippen LogP) is 3.76. The van der Waals surface area contributed by atoms with Crippen molar-refractivity contribution < 1.29 is 4.42 Å². The highest BCUT2D eigenvalue weighted by Gasteiger charge is 2.09. The molecule has 0 unspecified atom stereocenters. The van der Waals surface area contributed by atoms with E-state index in [0.29, 0.717) is 16.5 Å². The number of amidine groups is 1. The molecule has 0 amide bonds. The molecule has 0 saturated heterocycles. The van der Waals surface area contributed by atoms with Crippen LogP contribution in [-0.2, 0) is 5.75 Å². The SMILES string of the molecule is CC[C@@H](C)N=C(N)SCc1cc(=O)oc2cc(C)c(C)cc12. The summed E-state index contributed by atoms with van der Waals surface area (Å²) in [5, 5.41) is 1.52. The largest absolute Gasteiger partial charge is 0.423 e. The molecule has 1 heterocycles. The van der Waals surface area contributed by atoms with Gasteiger partial charge in [-0.05, 0) is 56.0 Å². The molecule has 0 radical (unpaired) electrons. The van der Waals surface area contributed by atoms with Gasteiger partial charge in [0.2, 0.25) is 0 Å². The Balaban J connectivity index is 2.33. The predicted molar refractivity (Wildman–Crippen MR) is 94.6 cm³/mol. The van der Waals surface area contributed by atoms with Gasteiger partial charge >= 0.3 is 5.63 Å². The number of aryl methyl sites for hydroxylation is 2. The number of hydrogen-bond donors (Lipinski definition) is 1. The normalized spacial score (nSPS) is 13.5. The molecule has 2 N–H and O–H groups in total. The summed E-state index contributed by atoms with van der Waals surface area (Å²) in [5.74, 6) is 0.608. The Morgan fingerprint density at radius 1 is 1.32 bits per heavy atom. The fourth-order valence-corrected chi connectivity index (χ4v) is 2.90. The van der Waals surface area contributed by atoms with Gasteiger partial charge in [-0.15, -0.1) is 0 Å². The molecule has 2 aromatic rings. The summed E-state index contributed by atoms with van der Waals surface area (Å²) < 4.78 is 5.30. The summed E-state index contributed by atoms with van der Waals surface area (Å²) in [6, 6.07) is 5.73. The van der Waals surface area contributed by atoms with Crippen molar-refractivity contribution in [3.63, 3.8) is 0 Å². The second kappa shape index (κ2) is 7.01. The van der Waals surface area contributed by atoms with E-state index in [1.807, 2.05) is 19.9 Å². The second-order valence-corrected chi connectivity index (χ2v) is 6.53. The van der Waals surface area contributed by atoms with Crippen LogP contribution in [0.2, 0.25) is 0 Å². The van der Waals surface area contributed by atoms with E-state index >= 15 is 0 Å². The van der Waals surface area contributed by atoms with E-state index in [1.54, 1.807) is 6.07 Å². The average molecular weight is 318 g/mol. The van der Waals surface area contributed by atoms with Gasteiger partial charge < -0.3 is 10.2 Å². The van der Waals surface area contributed by atoms with Gasteiger partial charge in [0.25, 0.3) is 0 Å². The van der Waals surface area contributed by atoms with Crippen molar-refractivity contribution in [1.29, 1.82) is 0 Å². The third-order valence-electron chi connectivity index (χ3n) is 3.76. The number of fused-ring (bicyclic) bond motifs is 1. The van der Waals surface area contributed by atoms with Crippen LogP contribution < -0.4 is 11.4 Å². The monoisotopic (exact) mass is 318 g/mol. The Labute approximate surface area is 134 Å². The Morgan fingerprint density at radius 2 is 2.00 bits per heavy atom. The highest BCUT2D eigenvalue weighted by atomic mass is 32.2. The van der Waals surface area contributed by atoms with Crippen molar-refractivity contribution in [2.45, 2.75) is 45.9 Å². The van der Waals surface area contributed by atoms with E-state index in [1.165, 1.54) is 17.3 Å². The van der Waals surface area contributed by atoms with Crippen LogP contribution in [0.3, 0.4) is 0 Å². The number of benzene rings is 1. The molecule has 4 nitrogen and oxygen atoms in total. The molecule has 22 heavy (non-hydrogen) atoms. The molecule has 2 rings (SSSR count). The van der Waals surface area contributed by atoms with Crippen LogP contribution >= 0.6 is 11.8 Å². The highest BCUT2D eigenvalue weighted by molar-refractivity contribution is 8.13. The maximum atomic E-state index is 11.7. The molecule has 5 heteroatoms. The van der Waals surface area contributed by atoms with Gasteiger partial charge in [0.1, 0.15) is 5.58 Å². The van der Waals surface area contributed by atoms with Crippen LogP contribution in [0.1, 0.15) is 37.0 Å². The molecule has 1 aromatic carbocycles. The highest BCUT2D eigenvalue weighted by Crippen LogP contribution is 2.24. The minimum Gasteiger partial charge on any atom is -0.423 e. The Kier molecular flexibility index (Phi) is 5.29. The first-order valence-electron chi connectivity index (χ1n) is 7.40. The van der Waals surface area contributed by atoms with Crippen LogP contribution in [-0.4, -0.2) is 11.2 Å². The first-order valence-corrected chi connectivity index (χ1v) is 8.39. The van der Waals surface area contributed by atoms with E-state index < -0.39 is 0 Å². The lowest BCUT2D eigenvalue weighted by Gasteiger charge is -2.09. The fraction of sp³-hybridized carbons (Fsp3) is 0.412. The molecule has 118 valence electrons. The molecule has 1 atom stereocenters. The van der Waals surface area contributed by atoms with Gasteiger partial charge in [0, 0.05) is 23.2 Å². The molecule has 0 saturated carbocycles. The smallest absolute Gasteiger partial charge is 0.336 e. The van der Waals surface area contributed by atoms with Crippen molar-refractivity contribution in [3.05, 3.63) is 45.3 Å². The second-order valence-electron chi connectivity index (χ2n) is 5.54. The van der Waals surface area contributed by atoms with Crippen LogP contribution in [0.15, 0.2) is 32.4 Å². The van der Waals surface area contributed by atoms with Gasteiger partial charge in [-0.25, -0.2) is 4.79 Å². The summed E-state index contributed by atoms with van der Waals surface area (Å²) >= 11 is 1.45. The lowest BCUT2D eigenvalue weighted by molar-refractivity contribution is 0.559. The third-order valence-corrected chi connectivity index (χ3v) is 4.62. The van der Waals surface area contributed by atoms with Crippen molar-refractivity contribution in [2.75, 3.05) is 0 Å². The standard InChI is InChI=1S/C17H22N2O2S/c1-5-12(4)19-17(18)22-9-13-8-16(20)21-15-7-11(3)10(2)6-14(13)15/h6-8,12H,5,9H2,1-4H3,(H2,18,19)/t12-/m1/s1. The summed E-state index contributed by atoms with van der Waals surface area (Å²) in [6.45, 7) is 8.17. The number of nitrogens with two attached hydrogens (primary N) is 1. The van der Waals surface area contributed by atoms with Crippen molar-refractivity contribution in [1.82, 2.24) is 0 Å². The zero-order valence-electron chi connectivity index (χ0n) is 13.5. The first kappa shape index (κ1) is 16.6. The van der Waals surface area contributed by atoms with Crippen LogP contribution in [0.5, 0.6) is 0 Å². The van der Waals surface area contributed by atoms with Gasteiger partial charge in [-0.1, -0.05) is 18.7 Å². The van der Waals surface area contributed by atoms with E-state index in [9.17, 15) is 4.79 Å². The maximum absolute atomic E-state index is 11.7. The van der Waals surface area contributed by atoms with E-state index in [-0.39, 0.29) is 11.7 Å². The zero-order chi connectivity index (χ0) is 16.3. The zero-order valence-corrected chi connectivity index (χ0v) is 14.3. The summed E-state index contributed by atoms with van der Waals surface area (Å²) in [4.78, 5) is 16.1. The minimum absolute atomic E-state index is 0.218. The Morgan fingerprint density at radius 3 is 2.68 bits per heavy atom. The van der Waals surface area contributed by atoms with Gasteiger partial charge in [-0.3, -0.25) is 4.99 Å². The molecular formula is C17H22N2O2S. The molecular weight excluding hydrogens is 296 g/mol. The quantitative estimate of drug-likeness (QED) is 0.529. The molecule has 0 spiro atoms. The van der Waals surface area contributed by atoms with Crippen LogP contribution in [0.4, 0.5) is 0 Å². The van der Waals surface area contributed by atoms with Crippen molar-refractivity contribution >= 4 is 27.9 Å². The van der Waals surface area contributed by atoms with Gasteiger partial charge in [-0.2, -0.15) is 0 Å². The fourth-order valence-electron chi connectivity index (χ4n) is 2.10. The lowest BCUT2D eigenvalue weighted by Crippen LogP contribution is -2.11. The van der Waals surface area contributed by atoms with Gasteiger partial charge in [0.05, 0.1) is 0 Å². The first-order chi connectivity index (χ1) is 10.4. The number of nitrogens with zero attached hydrogens (tertiary/aromatic N) is 1. The minimum atomic E-state index is -0.330. The Bertz CT molecular complexity index is 765. The third kappa shape index (κ3) is 3.91. The average Bonchev–Trinajstić information content (AvgIpc) is 2.46. The molecule has 0 aliphatic heterocycles. The molecule has 0 fully saturated rings. The van der Waals surface area contributed by atoms with E-state index in [0.717, 1.165) is 22.9 Å². The van der Waals surface area contributed by atoms with Crippen molar-refractivity contribution in [3.8, 4) is 0 Å². The van der Waals surface area contributed by atoms with Crippen molar-refractivity contribution in [2.24, 2.45) is 10.7 Å². The number of thioether (sulfide) groups is 1. The summed E-state index contributed by atoms with van der Waals surface area (Å²) in [6.07, 6.45) is 0.956. The molecule has 0 aliphatic carbocycles. The number of aliphatic imine (C=N–C) groups is 1. The lowest BCUT2D eigenvalue weighted by atomic mass is 10.0. The molecule has 0 bridgehead atoms. The molecule has 1 aromatic heterocycles. The van der Waals surface area contributed by atoms with Crippen LogP contribution in [0.25, 0.3) is 11.0 Å². The molecule has 0 aliphatic rings. The summed E-state index contributed by atoms with van der Waals surface area (Å²) in [5.41, 5.74) is 9.46. The topological polar surface area (TPSA) is 68.6 Å². The van der Waals surface area contributed by atoms with Gasteiger partial charge in [0.15, 0.2) is 5.17 Å². The van der Waals surface area contributed by atoms with E-state index in [2.05, 4.69) is 24.9 Å². The number of rotatable bonds is 4.